The van der Waals surface area contributed by atoms with Gasteiger partial charge in [0, 0.05) is 13.7 Å². The van der Waals surface area contributed by atoms with Crippen molar-refractivity contribution in [2.24, 2.45) is 0 Å². The second-order valence-electron chi connectivity index (χ2n) is 3.97. The minimum atomic E-state index is -0.716. The summed E-state index contributed by atoms with van der Waals surface area (Å²) in [5.41, 5.74) is 0. The summed E-state index contributed by atoms with van der Waals surface area (Å²) in [6, 6.07) is 5.57. The lowest BCUT2D eigenvalue weighted by Crippen LogP contribution is -2.34. The monoisotopic (exact) mass is 271 g/mol. The molecular weight excluding hydrogens is 253 g/mol. The van der Waals surface area contributed by atoms with Gasteiger partial charge in [0.2, 0.25) is 5.91 Å². The maximum atomic E-state index is 12.6. The van der Waals surface area contributed by atoms with Crippen molar-refractivity contribution in [2.45, 2.75) is 12.5 Å². The number of aliphatic hydroxyl groups is 1. The van der Waals surface area contributed by atoms with Gasteiger partial charge in [0.15, 0.2) is 0 Å². The summed E-state index contributed by atoms with van der Waals surface area (Å²) in [4.78, 5) is 11.4. The van der Waals surface area contributed by atoms with Gasteiger partial charge >= 0.3 is 0 Å². The summed E-state index contributed by atoms with van der Waals surface area (Å²) in [7, 11) is 1.47. The summed E-state index contributed by atoms with van der Waals surface area (Å²) in [5, 5.41) is 11.9. The van der Waals surface area contributed by atoms with Crippen LogP contribution in [-0.4, -0.2) is 44.0 Å². The number of carbonyl (C=O) groups excluding carboxylic acids is 1. The molecule has 1 atom stereocenters. The van der Waals surface area contributed by atoms with Crippen molar-refractivity contribution in [3.8, 4) is 5.75 Å². The fraction of sp³-hybridized carbons (Fsp3) is 0.462. The predicted molar refractivity (Wildman–Crippen MR) is 67.4 cm³/mol. The zero-order valence-electron chi connectivity index (χ0n) is 10.8. The first kappa shape index (κ1) is 15.4. The molecule has 106 valence electrons. The predicted octanol–water partition coefficient (Wildman–Crippen LogP) is 0.718. The molecule has 0 saturated carbocycles. The Balaban J connectivity index is 2.15. The van der Waals surface area contributed by atoms with Gasteiger partial charge in [-0.25, -0.2) is 4.39 Å². The molecule has 1 rings (SSSR count). The molecule has 0 aliphatic carbocycles. The molecule has 0 radical (unpaired) electrons. The number of hydrogen-bond acceptors (Lipinski definition) is 4. The standard InChI is InChI=1S/C13H18FNO4/c1-18-9-11(16)8-15-13(17)6-7-19-12-4-2-10(14)3-5-12/h2-5,11,16H,6-9H2,1H3,(H,15,17). The van der Waals surface area contributed by atoms with Gasteiger partial charge in [-0.2, -0.15) is 0 Å². The number of aliphatic hydroxyl groups excluding tert-OH is 1. The zero-order chi connectivity index (χ0) is 14.1. The minimum absolute atomic E-state index is 0.142. The average molecular weight is 271 g/mol. The summed E-state index contributed by atoms with van der Waals surface area (Å²) in [6.07, 6.45) is -0.552. The van der Waals surface area contributed by atoms with Crippen LogP contribution in [0.4, 0.5) is 4.39 Å². The van der Waals surface area contributed by atoms with Crippen LogP contribution in [-0.2, 0) is 9.53 Å². The van der Waals surface area contributed by atoms with Crippen LogP contribution < -0.4 is 10.1 Å². The highest BCUT2D eigenvalue weighted by Gasteiger charge is 2.06. The number of nitrogens with one attached hydrogen (secondary N) is 1. The third kappa shape index (κ3) is 6.73. The Morgan fingerprint density at radius 3 is 2.74 bits per heavy atom. The molecule has 0 saturated heterocycles. The SMILES string of the molecule is COCC(O)CNC(=O)CCOc1ccc(F)cc1. The van der Waals surface area contributed by atoms with Crippen LogP contribution in [0.2, 0.25) is 0 Å². The fourth-order valence-electron chi connectivity index (χ4n) is 1.36. The Bertz CT molecular complexity index is 383. The summed E-state index contributed by atoms with van der Waals surface area (Å²) in [5.74, 6) is -0.0527. The molecule has 0 aliphatic rings. The highest BCUT2D eigenvalue weighted by Crippen LogP contribution is 2.10. The first-order chi connectivity index (χ1) is 9.11. The Hall–Kier alpha value is -1.66. The van der Waals surface area contributed by atoms with Crippen LogP contribution in [0.15, 0.2) is 24.3 Å². The molecular formula is C13H18FNO4. The Morgan fingerprint density at radius 1 is 1.42 bits per heavy atom. The molecule has 1 aromatic rings. The summed E-state index contributed by atoms with van der Waals surface area (Å²) in [6.45, 7) is 0.507. The van der Waals surface area contributed by atoms with E-state index in [1.54, 1.807) is 0 Å². The molecule has 19 heavy (non-hydrogen) atoms. The quantitative estimate of drug-likeness (QED) is 0.731. The molecule has 0 aliphatic heterocycles. The van der Waals surface area contributed by atoms with Crippen molar-refractivity contribution in [3.05, 3.63) is 30.1 Å². The highest BCUT2D eigenvalue weighted by atomic mass is 19.1. The van der Waals surface area contributed by atoms with Gasteiger partial charge in [0.05, 0.1) is 25.7 Å². The van der Waals surface area contributed by atoms with E-state index in [-0.39, 0.29) is 37.9 Å². The van der Waals surface area contributed by atoms with Gasteiger partial charge in [0.25, 0.3) is 0 Å². The second kappa shape index (κ2) is 8.44. The average Bonchev–Trinajstić information content (AvgIpc) is 2.39. The molecule has 0 bridgehead atoms. The Kier molecular flexibility index (Phi) is 6.84. The molecule has 1 unspecified atom stereocenters. The van der Waals surface area contributed by atoms with Crippen molar-refractivity contribution in [1.29, 1.82) is 0 Å². The third-order valence-corrected chi connectivity index (χ3v) is 2.31. The van der Waals surface area contributed by atoms with Crippen LogP contribution in [0.3, 0.4) is 0 Å². The van der Waals surface area contributed by atoms with Gasteiger partial charge in [-0.1, -0.05) is 0 Å². The maximum Gasteiger partial charge on any atom is 0.223 e. The van der Waals surface area contributed by atoms with E-state index < -0.39 is 6.10 Å². The van der Waals surface area contributed by atoms with Gasteiger partial charge < -0.3 is 19.9 Å². The van der Waals surface area contributed by atoms with Crippen molar-refractivity contribution < 1.29 is 23.8 Å². The Morgan fingerprint density at radius 2 is 2.11 bits per heavy atom. The maximum absolute atomic E-state index is 12.6. The van der Waals surface area contributed by atoms with E-state index >= 15 is 0 Å². The van der Waals surface area contributed by atoms with E-state index in [1.165, 1.54) is 31.4 Å². The van der Waals surface area contributed by atoms with E-state index in [2.05, 4.69) is 5.32 Å². The van der Waals surface area contributed by atoms with Crippen LogP contribution in [0.5, 0.6) is 5.75 Å². The Labute approximate surface area is 111 Å². The number of hydrogen-bond donors (Lipinski definition) is 2. The zero-order valence-corrected chi connectivity index (χ0v) is 10.8. The van der Waals surface area contributed by atoms with Gasteiger partial charge in [0.1, 0.15) is 11.6 Å². The van der Waals surface area contributed by atoms with Crippen LogP contribution >= 0.6 is 0 Å². The molecule has 0 fully saturated rings. The number of rotatable bonds is 8. The van der Waals surface area contributed by atoms with E-state index in [0.717, 1.165) is 0 Å². The normalized spacial score (nSPS) is 11.9. The number of ether oxygens (including phenoxy) is 2. The number of halogens is 1. The van der Waals surface area contributed by atoms with Crippen LogP contribution in [0.25, 0.3) is 0 Å². The van der Waals surface area contributed by atoms with E-state index in [4.69, 9.17) is 9.47 Å². The minimum Gasteiger partial charge on any atom is -0.493 e. The molecule has 6 heteroatoms. The largest absolute Gasteiger partial charge is 0.493 e. The number of benzene rings is 1. The molecule has 5 nitrogen and oxygen atoms in total. The lowest BCUT2D eigenvalue weighted by atomic mass is 10.3. The number of carbonyl (C=O) groups is 1. The topological polar surface area (TPSA) is 67.8 Å². The lowest BCUT2D eigenvalue weighted by molar-refractivity contribution is -0.122. The van der Waals surface area contributed by atoms with E-state index in [0.29, 0.717) is 5.75 Å². The van der Waals surface area contributed by atoms with Gasteiger partial charge in [-0.05, 0) is 24.3 Å². The number of amides is 1. The molecule has 0 spiro atoms. The lowest BCUT2D eigenvalue weighted by Gasteiger charge is -2.11. The van der Waals surface area contributed by atoms with Crippen molar-refractivity contribution >= 4 is 5.91 Å². The molecule has 1 aromatic carbocycles. The van der Waals surface area contributed by atoms with Gasteiger partial charge in [-0.15, -0.1) is 0 Å². The van der Waals surface area contributed by atoms with E-state index in [1.807, 2.05) is 0 Å². The van der Waals surface area contributed by atoms with Crippen LogP contribution in [0.1, 0.15) is 6.42 Å². The third-order valence-electron chi connectivity index (χ3n) is 2.31. The number of methoxy groups -OCH3 is 1. The van der Waals surface area contributed by atoms with E-state index in [9.17, 15) is 14.3 Å². The van der Waals surface area contributed by atoms with Crippen LogP contribution in [0, 0.1) is 5.82 Å². The molecule has 0 aromatic heterocycles. The first-order valence-corrected chi connectivity index (χ1v) is 5.94. The molecule has 1 amide bonds. The van der Waals surface area contributed by atoms with Crippen molar-refractivity contribution in [2.75, 3.05) is 26.9 Å². The first-order valence-electron chi connectivity index (χ1n) is 5.94. The molecule has 0 heterocycles. The highest BCUT2D eigenvalue weighted by molar-refractivity contribution is 5.76. The summed E-state index contributed by atoms with van der Waals surface area (Å²) >= 11 is 0. The van der Waals surface area contributed by atoms with Crippen molar-refractivity contribution in [3.63, 3.8) is 0 Å². The van der Waals surface area contributed by atoms with Gasteiger partial charge in [-0.3, -0.25) is 4.79 Å². The fourth-order valence-corrected chi connectivity index (χ4v) is 1.36. The molecule has 2 N–H and O–H groups in total. The smallest absolute Gasteiger partial charge is 0.223 e. The second-order valence-corrected chi connectivity index (χ2v) is 3.97. The summed E-state index contributed by atoms with van der Waals surface area (Å²) < 4.78 is 22.6. The van der Waals surface area contributed by atoms with Crippen molar-refractivity contribution in [1.82, 2.24) is 5.32 Å².